The van der Waals surface area contributed by atoms with E-state index in [1.165, 1.54) is 0 Å². The molecule has 3 aromatic rings. The zero-order valence-electron chi connectivity index (χ0n) is 12.8. The Labute approximate surface area is 142 Å². The summed E-state index contributed by atoms with van der Waals surface area (Å²) in [5, 5.41) is 9.21. The van der Waals surface area contributed by atoms with Crippen LogP contribution in [0.2, 0.25) is 0 Å². The van der Waals surface area contributed by atoms with Crippen molar-refractivity contribution in [1.82, 2.24) is 9.97 Å². The number of carbonyl (C=O) groups is 1. The van der Waals surface area contributed by atoms with Crippen LogP contribution in [-0.2, 0) is 11.2 Å². The zero-order chi connectivity index (χ0) is 16.0. The highest BCUT2D eigenvalue weighted by molar-refractivity contribution is 7.11. The fourth-order valence-electron chi connectivity index (χ4n) is 2.71. The van der Waals surface area contributed by atoms with Crippen molar-refractivity contribution in [2.24, 2.45) is 0 Å². The summed E-state index contributed by atoms with van der Waals surface area (Å²) in [6.45, 7) is 3.94. The standard InChI is InChI=1S/C17H15N3OS2/c1-9-7-22-15(18-9)6-16-19-14(8-23-16)11-3-4-13-12(5-11)10(2)17(21)20-13/h3-5,7-8,10H,6H2,1-2H3,(H,20,21)/t10-/m1/s1. The van der Waals surface area contributed by atoms with E-state index < -0.39 is 0 Å². The Hall–Kier alpha value is -2.05. The van der Waals surface area contributed by atoms with Crippen LogP contribution in [-0.4, -0.2) is 15.9 Å². The van der Waals surface area contributed by atoms with Crippen LogP contribution in [0.25, 0.3) is 11.3 Å². The minimum absolute atomic E-state index is 0.0651. The first-order valence-corrected chi connectivity index (χ1v) is 9.16. The second-order valence-corrected chi connectivity index (χ2v) is 7.58. The number of benzene rings is 1. The SMILES string of the molecule is Cc1csc(Cc2nc(-c3ccc4c(c3)[C@@H](C)C(=O)N4)cs2)n1. The summed E-state index contributed by atoms with van der Waals surface area (Å²) in [5.41, 5.74) is 5.06. The normalized spacial score (nSPS) is 16.4. The molecule has 0 fully saturated rings. The molecule has 1 aliphatic rings. The maximum absolute atomic E-state index is 11.8. The number of rotatable bonds is 3. The van der Waals surface area contributed by atoms with Gasteiger partial charge in [0.15, 0.2) is 0 Å². The molecule has 4 rings (SSSR count). The molecule has 3 heterocycles. The maximum atomic E-state index is 11.8. The first-order valence-electron chi connectivity index (χ1n) is 7.41. The van der Waals surface area contributed by atoms with Gasteiger partial charge in [0.05, 0.1) is 23.0 Å². The minimum atomic E-state index is -0.0960. The van der Waals surface area contributed by atoms with Gasteiger partial charge in [-0.25, -0.2) is 9.97 Å². The Bertz CT molecular complexity index is 897. The molecule has 4 nitrogen and oxygen atoms in total. The second-order valence-electron chi connectivity index (χ2n) is 5.70. The van der Waals surface area contributed by atoms with Crippen LogP contribution in [0.5, 0.6) is 0 Å². The van der Waals surface area contributed by atoms with Gasteiger partial charge in [0.25, 0.3) is 0 Å². The fraction of sp³-hybridized carbons (Fsp3) is 0.235. The Morgan fingerprint density at radius 3 is 2.74 bits per heavy atom. The van der Waals surface area contributed by atoms with Crippen LogP contribution >= 0.6 is 22.7 Å². The molecule has 1 N–H and O–H groups in total. The highest BCUT2D eigenvalue weighted by Crippen LogP contribution is 2.35. The lowest BCUT2D eigenvalue weighted by atomic mass is 10.00. The number of aryl methyl sites for hydroxylation is 1. The number of hydrogen-bond donors (Lipinski definition) is 1. The third-order valence-electron chi connectivity index (χ3n) is 3.99. The third kappa shape index (κ3) is 2.68. The Balaban J connectivity index is 1.61. The average molecular weight is 341 g/mol. The number of hydrogen-bond acceptors (Lipinski definition) is 5. The van der Waals surface area contributed by atoms with Gasteiger partial charge in [-0.15, -0.1) is 22.7 Å². The van der Waals surface area contributed by atoms with Crippen LogP contribution in [0, 0.1) is 6.92 Å². The summed E-state index contributed by atoms with van der Waals surface area (Å²) >= 11 is 3.33. The van der Waals surface area contributed by atoms with Crippen LogP contribution in [0.1, 0.15) is 34.1 Å². The van der Waals surface area contributed by atoms with Crippen molar-refractivity contribution in [2.45, 2.75) is 26.2 Å². The van der Waals surface area contributed by atoms with Crippen molar-refractivity contribution in [2.75, 3.05) is 5.32 Å². The van der Waals surface area contributed by atoms with E-state index in [0.717, 1.165) is 44.6 Å². The molecule has 0 saturated heterocycles. The number of amides is 1. The molecule has 6 heteroatoms. The third-order valence-corrected chi connectivity index (χ3v) is 5.80. The Morgan fingerprint density at radius 2 is 1.96 bits per heavy atom. The molecule has 0 aliphatic carbocycles. The number of nitrogens with zero attached hydrogens (tertiary/aromatic N) is 2. The molecular formula is C17H15N3OS2. The summed E-state index contributed by atoms with van der Waals surface area (Å²) < 4.78 is 0. The van der Waals surface area contributed by atoms with E-state index in [-0.39, 0.29) is 11.8 Å². The molecule has 0 radical (unpaired) electrons. The van der Waals surface area contributed by atoms with Crippen molar-refractivity contribution in [3.8, 4) is 11.3 Å². The molecule has 0 bridgehead atoms. The number of fused-ring (bicyclic) bond motifs is 1. The van der Waals surface area contributed by atoms with E-state index in [9.17, 15) is 4.79 Å². The molecule has 1 amide bonds. The summed E-state index contributed by atoms with van der Waals surface area (Å²) in [6, 6.07) is 6.06. The van der Waals surface area contributed by atoms with Crippen LogP contribution in [0.3, 0.4) is 0 Å². The summed E-state index contributed by atoms with van der Waals surface area (Å²) in [4.78, 5) is 21.0. The van der Waals surface area contributed by atoms with Crippen LogP contribution in [0.4, 0.5) is 5.69 Å². The molecule has 0 unspecified atom stereocenters. The van der Waals surface area contributed by atoms with E-state index in [1.54, 1.807) is 22.7 Å². The lowest BCUT2D eigenvalue weighted by Gasteiger charge is -2.03. The minimum Gasteiger partial charge on any atom is -0.325 e. The maximum Gasteiger partial charge on any atom is 0.231 e. The van der Waals surface area contributed by atoms with Gasteiger partial charge >= 0.3 is 0 Å². The van der Waals surface area contributed by atoms with E-state index in [4.69, 9.17) is 4.98 Å². The van der Waals surface area contributed by atoms with Gasteiger partial charge in [-0.3, -0.25) is 4.79 Å². The van der Waals surface area contributed by atoms with E-state index in [0.29, 0.717) is 0 Å². The predicted octanol–water partition coefficient (Wildman–Crippen LogP) is 4.22. The van der Waals surface area contributed by atoms with Crippen LogP contribution in [0.15, 0.2) is 29.0 Å². The molecule has 0 saturated carbocycles. The lowest BCUT2D eigenvalue weighted by molar-refractivity contribution is -0.116. The smallest absolute Gasteiger partial charge is 0.231 e. The molecule has 1 atom stereocenters. The van der Waals surface area contributed by atoms with Gasteiger partial charge in [0.1, 0.15) is 5.01 Å². The molecular weight excluding hydrogens is 326 g/mol. The highest BCUT2D eigenvalue weighted by Gasteiger charge is 2.26. The predicted molar refractivity (Wildman–Crippen MR) is 94.3 cm³/mol. The second kappa shape index (κ2) is 5.54. The summed E-state index contributed by atoms with van der Waals surface area (Å²) in [6.07, 6.45) is 0.782. The lowest BCUT2D eigenvalue weighted by Crippen LogP contribution is -2.08. The first kappa shape index (κ1) is 14.5. The van der Waals surface area contributed by atoms with Crippen molar-refractivity contribution >= 4 is 34.3 Å². The fourth-order valence-corrected chi connectivity index (χ4v) is 4.39. The van der Waals surface area contributed by atoms with Crippen molar-refractivity contribution in [3.63, 3.8) is 0 Å². The zero-order valence-corrected chi connectivity index (χ0v) is 14.4. The first-order chi connectivity index (χ1) is 11.1. The largest absolute Gasteiger partial charge is 0.325 e. The van der Waals surface area contributed by atoms with Crippen molar-refractivity contribution in [1.29, 1.82) is 0 Å². The summed E-state index contributed by atoms with van der Waals surface area (Å²) in [5.74, 6) is -0.0309. The topological polar surface area (TPSA) is 54.9 Å². The van der Waals surface area contributed by atoms with E-state index >= 15 is 0 Å². The summed E-state index contributed by atoms with van der Waals surface area (Å²) in [7, 11) is 0. The van der Waals surface area contributed by atoms with Gasteiger partial charge in [-0.05, 0) is 31.5 Å². The van der Waals surface area contributed by atoms with E-state index in [2.05, 4.69) is 27.1 Å². The molecule has 23 heavy (non-hydrogen) atoms. The molecule has 0 spiro atoms. The number of thiazole rings is 2. The molecule has 1 aliphatic heterocycles. The van der Waals surface area contributed by atoms with Crippen molar-refractivity contribution in [3.05, 3.63) is 50.2 Å². The van der Waals surface area contributed by atoms with Gasteiger partial charge in [-0.2, -0.15) is 0 Å². The van der Waals surface area contributed by atoms with Gasteiger partial charge < -0.3 is 5.32 Å². The van der Waals surface area contributed by atoms with Gasteiger partial charge in [0.2, 0.25) is 5.91 Å². The number of carbonyl (C=O) groups excluding carboxylic acids is 1. The highest BCUT2D eigenvalue weighted by atomic mass is 32.1. The molecule has 116 valence electrons. The molecule has 2 aromatic heterocycles. The number of aromatic nitrogens is 2. The average Bonchev–Trinajstić information content (AvgIpc) is 3.22. The quantitative estimate of drug-likeness (QED) is 0.776. The monoisotopic (exact) mass is 341 g/mol. The van der Waals surface area contributed by atoms with Gasteiger partial charge in [-0.1, -0.05) is 6.07 Å². The number of anilines is 1. The number of nitrogens with one attached hydrogen (secondary N) is 1. The van der Waals surface area contributed by atoms with E-state index in [1.807, 2.05) is 26.0 Å². The molecule has 1 aromatic carbocycles. The Morgan fingerprint density at radius 1 is 1.17 bits per heavy atom. The van der Waals surface area contributed by atoms with Crippen molar-refractivity contribution < 1.29 is 4.79 Å². The Kier molecular flexibility index (Phi) is 3.50. The van der Waals surface area contributed by atoms with Crippen LogP contribution < -0.4 is 5.32 Å². The van der Waals surface area contributed by atoms with Gasteiger partial charge in [0, 0.05) is 27.7 Å².